The number of carbonyl (C=O) groups is 2. The van der Waals surface area contributed by atoms with Crippen LogP contribution in [0.3, 0.4) is 0 Å². The summed E-state index contributed by atoms with van der Waals surface area (Å²) in [7, 11) is 0. The largest absolute Gasteiger partial charge is 0.465 e. The molecule has 1 aliphatic rings. The van der Waals surface area contributed by atoms with E-state index in [0.29, 0.717) is 19.7 Å². The van der Waals surface area contributed by atoms with Gasteiger partial charge in [0.15, 0.2) is 0 Å². The molecular weight excluding hydrogens is 280 g/mol. The summed E-state index contributed by atoms with van der Waals surface area (Å²) in [6.45, 7) is 3.46. The lowest BCUT2D eigenvalue weighted by molar-refractivity contribution is -0.150. The number of hydrogen-bond donors (Lipinski definition) is 1. The molecule has 1 aliphatic heterocycles. The number of carbonyl (C=O) groups excluding carboxylic acids is 2. The van der Waals surface area contributed by atoms with E-state index >= 15 is 0 Å². The molecule has 0 bridgehead atoms. The minimum absolute atomic E-state index is 0.209. The van der Waals surface area contributed by atoms with Gasteiger partial charge in [0.2, 0.25) is 0 Å². The first-order valence-electron chi connectivity index (χ1n) is 7.87. The fourth-order valence-corrected chi connectivity index (χ4v) is 2.85. The topological polar surface area (TPSA) is 72.6 Å². The molecule has 1 fully saturated rings. The number of ether oxygens (including phenoxy) is 1. The number of esters is 1. The molecule has 120 valence electrons. The van der Waals surface area contributed by atoms with Crippen molar-refractivity contribution in [1.82, 2.24) is 4.90 Å². The number of nitrogens with zero attached hydrogens (tertiary/aromatic N) is 1. The Morgan fingerprint density at radius 3 is 2.73 bits per heavy atom. The lowest BCUT2D eigenvalue weighted by atomic mass is 9.96. The van der Waals surface area contributed by atoms with Crippen LogP contribution in [0.25, 0.3) is 0 Å². The summed E-state index contributed by atoms with van der Waals surface area (Å²) in [5, 5.41) is 0. The van der Waals surface area contributed by atoms with Gasteiger partial charge in [-0.1, -0.05) is 37.3 Å². The Hall–Kier alpha value is -2.04. The van der Waals surface area contributed by atoms with Gasteiger partial charge < -0.3 is 15.4 Å². The Morgan fingerprint density at radius 2 is 2.09 bits per heavy atom. The Kier molecular flexibility index (Phi) is 5.81. The molecule has 0 unspecified atom stereocenters. The van der Waals surface area contributed by atoms with Crippen molar-refractivity contribution in [3.05, 3.63) is 35.9 Å². The van der Waals surface area contributed by atoms with Gasteiger partial charge in [0.05, 0.1) is 12.5 Å². The summed E-state index contributed by atoms with van der Waals surface area (Å²) in [6, 6.07) is 9.60. The van der Waals surface area contributed by atoms with E-state index in [1.54, 1.807) is 0 Å². The average Bonchev–Trinajstić information content (AvgIpc) is 2.56. The Labute approximate surface area is 131 Å². The molecule has 0 saturated carbocycles. The van der Waals surface area contributed by atoms with Crippen molar-refractivity contribution in [3.63, 3.8) is 0 Å². The number of amides is 2. The van der Waals surface area contributed by atoms with Crippen LogP contribution in [0.5, 0.6) is 0 Å². The second-order valence-corrected chi connectivity index (χ2v) is 5.77. The van der Waals surface area contributed by atoms with Crippen LogP contribution in [0, 0.1) is 5.92 Å². The predicted octanol–water partition coefficient (Wildman–Crippen LogP) is 2.51. The van der Waals surface area contributed by atoms with Crippen molar-refractivity contribution in [2.75, 3.05) is 19.7 Å². The number of rotatable bonds is 5. The van der Waals surface area contributed by atoms with E-state index in [-0.39, 0.29) is 17.8 Å². The van der Waals surface area contributed by atoms with E-state index in [1.165, 1.54) is 10.5 Å². The minimum Gasteiger partial charge on any atom is -0.465 e. The summed E-state index contributed by atoms with van der Waals surface area (Å²) < 4.78 is 5.50. The monoisotopic (exact) mass is 304 g/mol. The van der Waals surface area contributed by atoms with E-state index in [2.05, 4.69) is 19.1 Å². The highest BCUT2D eigenvalue weighted by Gasteiger charge is 2.29. The second kappa shape index (κ2) is 7.82. The molecule has 1 aromatic carbocycles. The lowest BCUT2D eigenvalue weighted by Crippen LogP contribution is -2.45. The van der Waals surface area contributed by atoms with Gasteiger partial charge in [-0.05, 0) is 24.8 Å². The molecule has 2 atom stereocenters. The standard InChI is InChI=1S/C17H24N2O3/c1-2-13(14-7-4-3-5-8-14)12-22-16(20)15-9-6-10-19(11-15)17(18)21/h3-5,7-8,13,15H,2,6,9-12H2,1H3,(H2,18,21)/t13-,15-/m0/s1. The number of primary amides is 1. The van der Waals surface area contributed by atoms with Gasteiger partial charge in [-0.2, -0.15) is 0 Å². The Balaban J connectivity index is 1.87. The van der Waals surface area contributed by atoms with Crippen LogP contribution in [-0.4, -0.2) is 36.6 Å². The van der Waals surface area contributed by atoms with Crippen molar-refractivity contribution >= 4 is 12.0 Å². The summed E-state index contributed by atoms with van der Waals surface area (Å²) >= 11 is 0. The first kappa shape index (κ1) is 16.3. The minimum atomic E-state index is -0.465. The van der Waals surface area contributed by atoms with Crippen LogP contribution in [0.1, 0.15) is 37.7 Å². The van der Waals surface area contributed by atoms with Crippen LogP contribution < -0.4 is 5.73 Å². The maximum atomic E-state index is 12.2. The van der Waals surface area contributed by atoms with Crippen molar-refractivity contribution in [3.8, 4) is 0 Å². The summed E-state index contributed by atoms with van der Waals surface area (Å²) in [6.07, 6.45) is 2.46. The smallest absolute Gasteiger partial charge is 0.314 e. The maximum absolute atomic E-state index is 12.2. The van der Waals surface area contributed by atoms with Crippen molar-refractivity contribution in [2.45, 2.75) is 32.1 Å². The highest BCUT2D eigenvalue weighted by atomic mass is 16.5. The third kappa shape index (κ3) is 4.23. The van der Waals surface area contributed by atoms with E-state index < -0.39 is 6.03 Å². The third-order valence-electron chi connectivity index (χ3n) is 4.26. The molecule has 0 aromatic heterocycles. The zero-order valence-electron chi connectivity index (χ0n) is 13.0. The summed E-state index contributed by atoms with van der Waals surface area (Å²) in [5.74, 6) is -0.268. The molecule has 2 amide bonds. The fourth-order valence-electron chi connectivity index (χ4n) is 2.85. The quantitative estimate of drug-likeness (QED) is 0.850. The number of piperidine rings is 1. The highest BCUT2D eigenvalue weighted by molar-refractivity contribution is 5.76. The molecule has 1 heterocycles. The molecule has 2 rings (SSSR count). The van der Waals surface area contributed by atoms with Crippen LogP contribution in [-0.2, 0) is 9.53 Å². The first-order chi connectivity index (χ1) is 10.6. The van der Waals surface area contributed by atoms with Crippen LogP contribution in [0.15, 0.2) is 30.3 Å². The van der Waals surface area contributed by atoms with Crippen LogP contribution in [0.4, 0.5) is 4.79 Å². The molecule has 1 aromatic rings. The van der Waals surface area contributed by atoms with Gasteiger partial charge in [0, 0.05) is 19.0 Å². The molecule has 0 spiro atoms. The molecular formula is C17H24N2O3. The van der Waals surface area contributed by atoms with Gasteiger partial charge in [-0.15, -0.1) is 0 Å². The number of benzene rings is 1. The molecule has 0 radical (unpaired) electrons. The number of urea groups is 1. The molecule has 5 heteroatoms. The predicted molar refractivity (Wildman–Crippen MR) is 84.3 cm³/mol. The van der Waals surface area contributed by atoms with Crippen LogP contribution >= 0.6 is 0 Å². The van der Waals surface area contributed by atoms with E-state index in [0.717, 1.165) is 19.3 Å². The van der Waals surface area contributed by atoms with Crippen LogP contribution in [0.2, 0.25) is 0 Å². The number of likely N-dealkylation sites (tertiary alicyclic amines) is 1. The van der Waals surface area contributed by atoms with Gasteiger partial charge in [-0.25, -0.2) is 4.79 Å². The Morgan fingerprint density at radius 1 is 1.36 bits per heavy atom. The van der Waals surface area contributed by atoms with Gasteiger partial charge in [0.25, 0.3) is 0 Å². The van der Waals surface area contributed by atoms with E-state index in [1.807, 2.05) is 18.2 Å². The molecule has 1 saturated heterocycles. The molecule has 5 nitrogen and oxygen atoms in total. The fraction of sp³-hybridized carbons (Fsp3) is 0.529. The highest BCUT2D eigenvalue weighted by Crippen LogP contribution is 2.22. The van der Waals surface area contributed by atoms with E-state index in [9.17, 15) is 9.59 Å². The summed E-state index contributed by atoms with van der Waals surface area (Å²) in [4.78, 5) is 25.0. The maximum Gasteiger partial charge on any atom is 0.314 e. The zero-order valence-corrected chi connectivity index (χ0v) is 13.0. The third-order valence-corrected chi connectivity index (χ3v) is 4.26. The van der Waals surface area contributed by atoms with Crippen molar-refractivity contribution in [2.24, 2.45) is 11.7 Å². The second-order valence-electron chi connectivity index (χ2n) is 5.77. The summed E-state index contributed by atoms with van der Waals surface area (Å²) in [5.41, 5.74) is 6.46. The first-order valence-corrected chi connectivity index (χ1v) is 7.87. The van der Waals surface area contributed by atoms with E-state index in [4.69, 9.17) is 10.5 Å². The van der Waals surface area contributed by atoms with Gasteiger partial charge in [-0.3, -0.25) is 4.79 Å². The van der Waals surface area contributed by atoms with Gasteiger partial charge in [0.1, 0.15) is 0 Å². The SMILES string of the molecule is CC[C@@H](COC(=O)[C@H]1CCCN(C(N)=O)C1)c1ccccc1. The molecule has 22 heavy (non-hydrogen) atoms. The zero-order chi connectivity index (χ0) is 15.9. The number of hydrogen-bond acceptors (Lipinski definition) is 3. The normalized spacial score (nSPS) is 19.5. The molecule has 0 aliphatic carbocycles. The van der Waals surface area contributed by atoms with Crippen molar-refractivity contribution in [1.29, 1.82) is 0 Å². The average molecular weight is 304 g/mol. The number of nitrogens with two attached hydrogens (primary N) is 1. The van der Waals surface area contributed by atoms with Crippen molar-refractivity contribution < 1.29 is 14.3 Å². The van der Waals surface area contributed by atoms with Gasteiger partial charge >= 0.3 is 12.0 Å². The Bertz CT molecular complexity index is 504. The lowest BCUT2D eigenvalue weighted by Gasteiger charge is -2.30. The molecule has 2 N–H and O–H groups in total.